The van der Waals surface area contributed by atoms with E-state index in [1.807, 2.05) is 0 Å². The summed E-state index contributed by atoms with van der Waals surface area (Å²) in [4.78, 5) is 48.5. The van der Waals surface area contributed by atoms with Gasteiger partial charge in [-0.2, -0.15) is 0 Å². The third-order valence-corrected chi connectivity index (χ3v) is 5.89. The summed E-state index contributed by atoms with van der Waals surface area (Å²) in [6, 6.07) is 3.82. The molecule has 0 spiro atoms. The van der Waals surface area contributed by atoms with E-state index in [1.54, 1.807) is 6.92 Å². The van der Waals surface area contributed by atoms with Crippen molar-refractivity contribution in [2.75, 3.05) is 30.9 Å². The van der Waals surface area contributed by atoms with Crippen LogP contribution in [0.3, 0.4) is 0 Å². The van der Waals surface area contributed by atoms with Gasteiger partial charge in [0.15, 0.2) is 6.61 Å². The largest absolute Gasteiger partial charge is 0.462 e. The SMILES string of the molecule is CCOC(=O)c1c(NC(=O)COC(=O)c2ccc(NC)c([N+](=O)[O-])c2)sc2c1CCC2. The van der Waals surface area contributed by atoms with E-state index in [4.69, 9.17) is 9.47 Å². The van der Waals surface area contributed by atoms with Gasteiger partial charge in [0.25, 0.3) is 11.6 Å². The fraction of sp³-hybridized carbons (Fsp3) is 0.350. The second kappa shape index (κ2) is 9.56. The number of hydrogen-bond donors (Lipinski definition) is 2. The average molecular weight is 447 g/mol. The Labute approximate surface area is 181 Å². The lowest BCUT2D eigenvalue weighted by atomic mass is 10.1. The zero-order chi connectivity index (χ0) is 22.5. The van der Waals surface area contributed by atoms with E-state index in [9.17, 15) is 24.5 Å². The predicted octanol–water partition coefficient (Wildman–Crippen LogP) is 3.16. The number of carbonyl (C=O) groups is 3. The average Bonchev–Trinajstić information content (AvgIpc) is 3.32. The minimum Gasteiger partial charge on any atom is -0.462 e. The minimum absolute atomic E-state index is 0.0548. The van der Waals surface area contributed by atoms with Crippen LogP contribution in [-0.2, 0) is 27.1 Å². The van der Waals surface area contributed by atoms with Gasteiger partial charge in [0.05, 0.1) is 22.7 Å². The Hall–Kier alpha value is -3.47. The molecular weight excluding hydrogens is 426 g/mol. The fourth-order valence-electron chi connectivity index (χ4n) is 3.31. The third-order valence-electron chi connectivity index (χ3n) is 4.69. The van der Waals surface area contributed by atoms with Crippen LogP contribution in [0.1, 0.15) is 44.5 Å². The first kappa shape index (κ1) is 22.2. The van der Waals surface area contributed by atoms with Gasteiger partial charge in [0.2, 0.25) is 0 Å². The number of amides is 1. The molecule has 1 amide bonds. The number of nitrogens with one attached hydrogen (secondary N) is 2. The van der Waals surface area contributed by atoms with Gasteiger partial charge in [-0.25, -0.2) is 9.59 Å². The number of aryl methyl sites for hydroxylation is 1. The molecule has 0 unspecified atom stereocenters. The molecule has 164 valence electrons. The Morgan fingerprint density at radius 2 is 1.97 bits per heavy atom. The maximum atomic E-state index is 12.3. The van der Waals surface area contributed by atoms with Crippen molar-refractivity contribution in [3.8, 4) is 0 Å². The lowest BCUT2D eigenvalue weighted by Crippen LogP contribution is -2.22. The molecule has 0 atom stereocenters. The summed E-state index contributed by atoms with van der Waals surface area (Å²) in [5.74, 6) is -1.99. The Kier molecular flexibility index (Phi) is 6.85. The van der Waals surface area contributed by atoms with Gasteiger partial charge in [-0.15, -0.1) is 11.3 Å². The van der Waals surface area contributed by atoms with Gasteiger partial charge in [-0.05, 0) is 43.9 Å². The summed E-state index contributed by atoms with van der Waals surface area (Å²) in [6.45, 7) is 1.31. The monoisotopic (exact) mass is 447 g/mol. The van der Waals surface area contributed by atoms with Crippen molar-refractivity contribution in [1.82, 2.24) is 0 Å². The summed E-state index contributed by atoms with van der Waals surface area (Å²) < 4.78 is 10.1. The van der Waals surface area contributed by atoms with E-state index < -0.39 is 29.4 Å². The van der Waals surface area contributed by atoms with Crippen LogP contribution in [0.4, 0.5) is 16.4 Å². The first-order valence-electron chi connectivity index (χ1n) is 9.60. The van der Waals surface area contributed by atoms with E-state index in [2.05, 4.69) is 10.6 Å². The second-order valence-electron chi connectivity index (χ2n) is 6.65. The summed E-state index contributed by atoms with van der Waals surface area (Å²) >= 11 is 1.32. The van der Waals surface area contributed by atoms with E-state index in [-0.39, 0.29) is 23.5 Å². The number of thiophene rings is 1. The molecule has 1 aliphatic carbocycles. The minimum atomic E-state index is -0.875. The van der Waals surface area contributed by atoms with Crippen LogP contribution in [0.15, 0.2) is 18.2 Å². The molecule has 2 aromatic rings. The number of benzene rings is 1. The molecule has 1 aromatic carbocycles. The molecule has 3 rings (SSSR count). The maximum Gasteiger partial charge on any atom is 0.341 e. The zero-order valence-corrected chi connectivity index (χ0v) is 17.8. The number of hydrogen-bond acceptors (Lipinski definition) is 9. The Morgan fingerprint density at radius 3 is 2.65 bits per heavy atom. The first-order valence-corrected chi connectivity index (χ1v) is 10.4. The van der Waals surface area contributed by atoms with Crippen molar-refractivity contribution in [1.29, 1.82) is 0 Å². The summed E-state index contributed by atoms with van der Waals surface area (Å²) in [6.07, 6.45) is 2.52. The number of nitrogens with zero attached hydrogens (tertiary/aromatic N) is 1. The normalized spacial score (nSPS) is 12.1. The fourth-order valence-corrected chi connectivity index (χ4v) is 4.60. The lowest BCUT2D eigenvalue weighted by Gasteiger charge is -2.09. The molecule has 1 aromatic heterocycles. The van der Waals surface area contributed by atoms with E-state index in [0.29, 0.717) is 10.6 Å². The number of ether oxygens (including phenoxy) is 2. The van der Waals surface area contributed by atoms with Crippen LogP contribution in [0.2, 0.25) is 0 Å². The van der Waals surface area contributed by atoms with Gasteiger partial charge < -0.3 is 20.1 Å². The van der Waals surface area contributed by atoms with Crippen molar-refractivity contribution in [3.63, 3.8) is 0 Å². The number of esters is 2. The van der Waals surface area contributed by atoms with Crippen LogP contribution >= 0.6 is 11.3 Å². The molecule has 2 N–H and O–H groups in total. The number of anilines is 2. The highest BCUT2D eigenvalue weighted by molar-refractivity contribution is 7.17. The quantitative estimate of drug-likeness (QED) is 0.358. The molecule has 0 fully saturated rings. The third kappa shape index (κ3) is 4.82. The molecule has 1 heterocycles. The zero-order valence-electron chi connectivity index (χ0n) is 17.0. The van der Waals surface area contributed by atoms with Gasteiger partial charge >= 0.3 is 11.9 Å². The van der Waals surface area contributed by atoms with Crippen LogP contribution in [0.5, 0.6) is 0 Å². The van der Waals surface area contributed by atoms with Gasteiger partial charge in [0.1, 0.15) is 10.7 Å². The number of rotatable bonds is 8. The van der Waals surface area contributed by atoms with E-state index in [0.717, 1.165) is 35.8 Å². The molecule has 1 aliphatic rings. The van der Waals surface area contributed by atoms with Crippen molar-refractivity contribution in [3.05, 3.63) is 49.9 Å². The molecule has 0 saturated carbocycles. The first-order chi connectivity index (χ1) is 14.8. The number of nitro groups is 1. The summed E-state index contributed by atoms with van der Waals surface area (Å²) in [5, 5.41) is 16.8. The van der Waals surface area contributed by atoms with Crippen molar-refractivity contribution < 1.29 is 28.8 Å². The van der Waals surface area contributed by atoms with Gasteiger partial charge in [-0.3, -0.25) is 14.9 Å². The summed E-state index contributed by atoms with van der Waals surface area (Å²) in [7, 11) is 1.52. The van der Waals surface area contributed by atoms with Crippen LogP contribution in [0, 0.1) is 10.1 Å². The maximum absolute atomic E-state index is 12.3. The Bertz CT molecular complexity index is 1050. The van der Waals surface area contributed by atoms with Gasteiger partial charge in [0, 0.05) is 18.0 Å². The molecule has 31 heavy (non-hydrogen) atoms. The highest BCUT2D eigenvalue weighted by atomic mass is 32.1. The number of carbonyl (C=O) groups excluding carboxylic acids is 3. The highest BCUT2D eigenvalue weighted by Gasteiger charge is 2.28. The number of nitro benzene ring substituents is 1. The summed E-state index contributed by atoms with van der Waals surface area (Å²) in [5.41, 5.74) is 1.16. The predicted molar refractivity (Wildman–Crippen MR) is 114 cm³/mol. The van der Waals surface area contributed by atoms with Gasteiger partial charge in [-0.1, -0.05) is 0 Å². The van der Waals surface area contributed by atoms with E-state index >= 15 is 0 Å². The molecular formula is C20H21N3O7S. The van der Waals surface area contributed by atoms with Crippen molar-refractivity contribution >= 4 is 45.6 Å². The number of fused-ring (bicyclic) bond motifs is 1. The van der Waals surface area contributed by atoms with Crippen LogP contribution < -0.4 is 10.6 Å². The molecule has 0 radical (unpaired) electrons. The topological polar surface area (TPSA) is 137 Å². The van der Waals surface area contributed by atoms with Crippen molar-refractivity contribution in [2.24, 2.45) is 0 Å². The van der Waals surface area contributed by atoms with Crippen LogP contribution in [0.25, 0.3) is 0 Å². The van der Waals surface area contributed by atoms with E-state index in [1.165, 1.54) is 30.5 Å². The molecule has 11 heteroatoms. The standard InChI is InChI=1S/C20H21N3O7S/c1-3-29-20(26)17-12-5-4-6-15(12)31-18(17)22-16(24)10-30-19(25)11-7-8-13(21-2)14(9-11)23(27)28/h7-9,21H,3-6,10H2,1-2H3,(H,22,24). The Morgan fingerprint density at radius 1 is 1.19 bits per heavy atom. The van der Waals surface area contributed by atoms with Crippen LogP contribution in [-0.4, -0.2) is 43.0 Å². The Balaban J connectivity index is 1.67. The lowest BCUT2D eigenvalue weighted by molar-refractivity contribution is -0.384. The second-order valence-corrected chi connectivity index (χ2v) is 7.75. The molecule has 10 nitrogen and oxygen atoms in total. The highest BCUT2D eigenvalue weighted by Crippen LogP contribution is 2.39. The molecule has 0 bridgehead atoms. The molecule has 0 saturated heterocycles. The van der Waals surface area contributed by atoms with Crippen molar-refractivity contribution in [2.45, 2.75) is 26.2 Å². The molecule has 0 aliphatic heterocycles. The smallest absolute Gasteiger partial charge is 0.341 e.